The highest BCUT2D eigenvalue weighted by Crippen LogP contribution is 2.15. The molecule has 1 heterocycles. The Hall–Kier alpha value is -1.68. The zero-order valence-corrected chi connectivity index (χ0v) is 13.5. The summed E-state index contributed by atoms with van der Waals surface area (Å²) in [6, 6.07) is 5.82. The van der Waals surface area contributed by atoms with Gasteiger partial charge in [-0.1, -0.05) is 0 Å². The molecule has 1 amide bonds. The second-order valence-corrected chi connectivity index (χ2v) is 6.85. The Labute approximate surface area is 135 Å². The largest absolute Gasteiger partial charge is 0.484 e. The van der Waals surface area contributed by atoms with E-state index in [0.717, 1.165) is 13.1 Å². The molecule has 1 aliphatic rings. The van der Waals surface area contributed by atoms with Crippen LogP contribution in [0.4, 0.5) is 0 Å². The number of nitrogens with zero attached hydrogens (tertiary/aromatic N) is 1. The van der Waals surface area contributed by atoms with Gasteiger partial charge in [0.15, 0.2) is 6.61 Å². The van der Waals surface area contributed by atoms with Gasteiger partial charge in [0.25, 0.3) is 5.91 Å². The molecule has 9 heteroatoms. The van der Waals surface area contributed by atoms with Gasteiger partial charge in [0.1, 0.15) is 5.75 Å². The van der Waals surface area contributed by atoms with Crippen LogP contribution in [0.5, 0.6) is 5.75 Å². The summed E-state index contributed by atoms with van der Waals surface area (Å²) in [7, 11) is -3.56. The van der Waals surface area contributed by atoms with Crippen LogP contribution in [0.15, 0.2) is 29.2 Å². The summed E-state index contributed by atoms with van der Waals surface area (Å²) >= 11 is 0. The maximum Gasteiger partial charge on any atom is 0.255 e. The van der Waals surface area contributed by atoms with Crippen LogP contribution in [-0.4, -0.2) is 65.2 Å². The number of hydrogen-bond acceptors (Lipinski definition) is 6. The van der Waals surface area contributed by atoms with Gasteiger partial charge in [-0.25, -0.2) is 13.1 Å². The van der Waals surface area contributed by atoms with Crippen molar-refractivity contribution in [2.75, 3.05) is 46.0 Å². The van der Waals surface area contributed by atoms with Crippen LogP contribution in [0, 0.1) is 0 Å². The monoisotopic (exact) mass is 343 g/mol. The molecule has 1 fully saturated rings. The predicted molar refractivity (Wildman–Crippen MR) is 83.6 cm³/mol. The normalized spacial score (nSPS) is 16.2. The number of nitrogens with one attached hydrogen (secondary N) is 1. The van der Waals surface area contributed by atoms with E-state index in [4.69, 9.17) is 15.2 Å². The first-order valence-corrected chi connectivity index (χ1v) is 8.76. The lowest BCUT2D eigenvalue weighted by molar-refractivity contribution is -0.119. The Morgan fingerprint density at radius 3 is 2.52 bits per heavy atom. The van der Waals surface area contributed by atoms with Gasteiger partial charge in [0.2, 0.25) is 10.0 Å². The highest BCUT2D eigenvalue weighted by molar-refractivity contribution is 7.89. The first-order valence-electron chi connectivity index (χ1n) is 7.28. The molecule has 1 aromatic rings. The number of rotatable bonds is 8. The van der Waals surface area contributed by atoms with Crippen molar-refractivity contribution < 1.29 is 22.7 Å². The SMILES string of the molecule is NC(=O)COc1ccc(S(=O)(=O)NCCN2CCOCC2)cc1. The van der Waals surface area contributed by atoms with Crippen molar-refractivity contribution >= 4 is 15.9 Å². The predicted octanol–water partition coefficient (Wildman–Crippen LogP) is -0.839. The van der Waals surface area contributed by atoms with Crippen LogP contribution in [0.2, 0.25) is 0 Å². The summed E-state index contributed by atoms with van der Waals surface area (Å²) in [5.41, 5.74) is 4.97. The van der Waals surface area contributed by atoms with E-state index in [1.165, 1.54) is 24.3 Å². The minimum absolute atomic E-state index is 0.144. The van der Waals surface area contributed by atoms with Crippen molar-refractivity contribution in [3.05, 3.63) is 24.3 Å². The van der Waals surface area contributed by atoms with Crippen molar-refractivity contribution in [3.8, 4) is 5.75 Å². The van der Waals surface area contributed by atoms with Crippen molar-refractivity contribution in [2.24, 2.45) is 5.73 Å². The number of carbonyl (C=O) groups excluding carboxylic acids is 1. The number of carbonyl (C=O) groups is 1. The lowest BCUT2D eigenvalue weighted by Crippen LogP contribution is -2.41. The Morgan fingerprint density at radius 1 is 1.26 bits per heavy atom. The average molecular weight is 343 g/mol. The number of primary amides is 1. The molecule has 0 aromatic heterocycles. The average Bonchev–Trinajstić information content (AvgIpc) is 2.54. The highest BCUT2D eigenvalue weighted by atomic mass is 32.2. The molecule has 0 bridgehead atoms. The van der Waals surface area contributed by atoms with E-state index in [9.17, 15) is 13.2 Å². The number of nitrogens with two attached hydrogens (primary N) is 1. The zero-order chi connectivity index (χ0) is 16.7. The molecule has 8 nitrogen and oxygen atoms in total. The number of hydrogen-bond donors (Lipinski definition) is 2. The molecule has 0 saturated carbocycles. The third kappa shape index (κ3) is 5.79. The smallest absolute Gasteiger partial charge is 0.255 e. The number of benzene rings is 1. The molecule has 0 atom stereocenters. The molecule has 0 radical (unpaired) electrons. The van der Waals surface area contributed by atoms with E-state index in [1.54, 1.807) is 0 Å². The zero-order valence-electron chi connectivity index (χ0n) is 12.7. The van der Waals surface area contributed by atoms with Gasteiger partial charge in [-0.2, -0.15) is 0 Å². The van der Waals surface area contributed by atoms with E-state index in [1.807, 2.05) is 0 Å². The first kappa shape index (κ1) is 17.7. The second kappa shape index (κ2) is 8.25. The van der Waals surface area contributed by atoms with E-state index in [2.05, 4.69) is 9.62 Å². The summed E-state index contributed by atoms with van der Waals surface area (Å²) in [6.45, 7) is 3.72. The molecule has 0 spiro atoms. The Balaban J connectivity index is 1.84. The van der Waals surface area contributed by atoms with Crippen LogP contribution < -0.4 is 15.2 Å². The molecule has 1 aliphatic heterocycles. The van der Waals surface area contributed by atoms with Crippen molar-refractivity contribution in [1.82, 2.24) is 9.62 Å². The van der Waals surface area contributed by atoms with E-state index in [-0.39, 0.29) is 11.5 Å². The summed E-state index contributed by atoms with van der Waals surface area (Å²) in [5.74, 6) is -0.206. The summed E-state index contributed by atoms with van der Waals surface area (Å²) in [4.78, 5) is 12.9. The Bertz CT molecular complexity index is 612. The van der Waals surface area contributed by atoms with Crippen LogP contribution >= 0.6 is 0 Å². The van der Waals surface area contributed by atoms with Crippen molar-refractivity contribution in [1.29, 1.82) is 0 Å². The fourth-order valence-electron chi connectivity index (χ4n) is 2.12. The van der Waals surface area contributed by atoms with Crippen LogP contribution in [0.25, 0.3) is 0 Å². The lowest BCUT2D eigenvalue weighted by atomic mass is 10.3. The van der Waals surface area contributed by atoms with Crippen LogP contribution in [-0.2, 0) is 19.6 Å². The lowest BCUT2D eigenvalue weighted by Gasteiger charge is -2.26. The second-order valence-electron chi connectivity index (χ2n) is 5.08. The van der Waals surface area contributed by atoms with E-state index >= 15 is 0 Å². The molecular weight excluding hydrogens is 322 g/mol. The van der Waals surface area contributed by atoms with Gasteiger partial charge < -0.3 is 15.2 Å². The van der Waals surface area contributed by atoms with Gasteiger partial charge in [-0.3, -0.25) is 9.69 Å². The minimum Gasteiger partial charge on any atom is -0.484 e. The summed E-state index contributed by atoms with van der Waals surface area (Å²) < 4.78 is 37.3. The first-order chi connectivity index (χ1) is 11.0. The maximum atomic E-state index is 12.2. The third-order valence-electron chi connectivity index (χ3n) is 3.34. The van der Waals surface area contributed by atoms with E-state index in [0.29, 0.717) is 32.1 Å². The Morgan fingerprint density at radius 2 is 1.91 bits per heavy atom. The number of amides is 1. The molecular formula is C14H21N3O5S. The standard InChI is InChI=1S/C14H21N3O5S/c15-14(18)11-22-12-1-3-13(4-2-12)23(19,20)16-5-6-17-7-9-21-10-8-17/h1-4,16H,5-11H2,(H2,15,18). The summed E-state index contributed by atoms with van der Waals surface area (Å²) in [6.07, 6.45) is 0. The Kier molecular flexibility index (Phi) is 6.34. The molecule has 1 aromatic carbocycles. The maximum absolute atomic E-state index is 12.2. The molecule has 0 aliphatic carbocycles. The van der Waals surface area contributed by atoms with Gasteiger partial charge in [-0.15, -0.1) is 0 Å². The van der Waals surface area contributed by atoms with Crippen LogP contribution in [0.1, 0.15) is 0 Å². The molecule has 1 saturated heterocycles. The third-order valence-corrected chi connectivity index (χ3v) is 4.82. The fraction of sp³-hybridized carbons (Fsp3) is 0.500. The minimum atomic E-state index is -3.56. The topological polar surface area (TPSA) is 111 Å². The fourth-order valence-corrected chi connectivity index (χ4v) is 3.14. The molecule has 2 rings (SSSR count). The molecule has 128 valence electrons. The molecule has 0 unspecified atom stereocenters. The number of morpholine rings is 1. The number of sulfonamides is 1. The van der Waals surface area contributed by atoms with Gasteiger partial charge in [0.05, 0.1) is 18.1 Å². The van der Waals surface area contributed by atoms with Crippen molar-refractivity contribution in [3.63, 3.8) is 0 Å². The van der Waals surface area contributed by atoms with Gasteiger partial charge in [-0.05, 0) is 24.3 Å². The molecule has 23 heavy (non-hydrogen) atoms. The quantitative estimate of drug-likeness (QED) is 0.637. The van der Waals surface area contributed by atoms with Gasteiger partial charge >= 0.3 is 0 Å². The van der Waals surface area contributed by atoms with Crippen LogP contribution in [0.3, 0.4) is 0 Å². The van der Waals surface area contributed by atoms with E-state index < -0.39 is 15.9 Å². The highest BCUT2D eigenvalue weighted by Gasteiger charge is 2.15. The molecule has 3 N–H and O–H groups in total. The summed E-state index contributed by atoms with van der Waals surface area (Å²) in [5, 5.41) is 0. The van der Waals surface area contributed by atoms with Gasteiger partial charge in [0, 0.05) is 26.2 Å². The van der Waals surface area contributed by atoms with Crippen molar-refractivity contribution in [2.45, 2.75) is 4.90 Å². The number of ether oxygens (including phenoxy) is 2.